The predicted molar refractivity (Wildman–Crippen MR) is 93.7 cm³/mol. The third-order valence-electron chi connectivity index (χ3n) is 4.28. The number of benzene rings is 1. The number of rotatable bonds is 7. The van der Waals surface area contributed by atoms with E-state index in [0.29, 0.717) is 45.4 Å². The number of amides is 3. The van der Waals surface area contributed by atoms with Crippen LogP contribution >= 0.6 is 0 Å². The average molecular weight is 341 g/mol. The summed E-state index contributed by atoms with van der Waals surface area (Å²) < 4.78 is 5.20. The molecule has 0 atom stereocenters. The van der Waals surface area contributed by atoms with Gasteiger partial charge >= 0.3 is 6.03 Å². The fourth-order valence-corrected chi connectivity index (χ4v) is 2.93. The number of nitrogens with one attached hydrogen (secondary N) is 2. The van der Waals surface area contributed by atoms with Gasteiger partial charge in [-0.3, -0.25) is 4.79 Å². The van der Waals surface area contributed by atoms with Crippen LogP contribution in [0, 0.1) is 0 Å². The number of hydrogen-bond donors (Lipinski definition) is 2. The quantitative estimate of drug-likeness (QED) is 0.760. The lowest BCUT2D eigenvalue weighted by Gasteiger charge is -2.15. The van der Waals surface area contributed by atoms with Gasteiger partial charge in [-0.15, -0.1) is 0 Å². The molecule has 0 spiro atoms. The van der Waals surface area contributed by atoms with Crippen LogP contribution in [0.25, 0.3) is 0 Å². The van der Waals surface area contributed by atoms with E-state index in [1.807, 2.05) is 29.2 Å². The van der Waals surface area contributed by atoms with Gasteiger partial charge in [-0.2, -0.15) is 0 Å². The molecule has 1 aromatic heterocycles. The summed E-state index contributed by atoms with van der Waals surface area (Å²) in [5.74, 6) is 0.980. The van der Waals surface area contributed by atoms with Gasteiger partial charge in [0.1, 0.15) is 5.76 Å². The maximum absolute atomic E-state index is 12.2. The highest BCUT2D eigenvalue weighted by Crippen LogP contribution is 2.22. The Morgan fingerprint density at radius 1 is 1.00 bits per heavy atom. The van der Waals surface area contributed by atoms with E-state index in [0.717, 1.165) is 5.76 Å². The van der Waals surface area contributed by atoms with Crippen molar-refractivity contribution in [1.82, 2.24) is 15.5 Å². The Hall–Kier alpha value is -2.76. The Balaban J connectivity index is 1.27. The molecule has 0 saturated heterocycles. The van der Waals surface area contributed by atoms with Crippen LogP contribution in [0.2, 0.25) is 0 Å². The highest BCUT2D eigenvalue weighted by Gasteiger charge is 2.22. The highest BCUT2D eigenvalue weighted by atomic mass is 16.3. The second kappa shape index (κ2) is 8.37. The maximum atomic E-state index is 12.2. The third kappa shape index (κ3) is 4.86. The lowest BCUT2D eigenvalue weighted by Crippen LogP contribution is -2.37. The molecule has 132 valence electrons. The third-order valence-corrected chi connectivity index (χ3v) is 4.28. The molecule has 0 radical (unpaired) electrons. The Bertz CT molecular complexity index is 687. The molecule has 3 amide bonds. The van der Waals surface area contributed by atoms with Crippen LogP contribution in [0.4, 0.5) is 4.79 Å². The minimum Gasteiger partial charge on any atom is -0.469 e. The number of nitrogens with zero attached hydrogens (tertiary/aromatic N) is 1. The summed E-state index contributed by atoms with van der Waals surface area (Å²) >= 11 is 0. The fraction of sp³-hybridized carbons (Fsp3) is 0.368. The molecule has 1 aliphatic heterocycles. The molecule has 0 aliphatic carbocycles. The standard InChI is InChI=1S/C19H23N3O3/c23-18(22-13-15-5-1-2-6-16(15)14-22)8-3-10-20-19(24)21-11-9-17-7-4-12-25-17/h1-2,4-7,12H,3,8-11,13-14H2,(H2,20,21,24). The minimum absolute atomic E-state index is 0.135. The van der Waals surface area contributed by atoms with Crippen LogP contribution in [-0.2, 0) is 24.3 Å². The molecule has 0 unspecified atom stereocenters. The highest BCUT2D eigenvalue weighted by molar-refractivity contribution is 5.77. The Labute approximate surface area is 147 Å². The van der Waals surface area contributed by atoms with Gasteiger partial charge in [0.2, 0.25) is 5.91 Å². The summed E-state index contributed by atoms with van der Waals surface area (Å²) in [6.45, 7) is 2.38. The van der Waals surface area contributed by atoms with Gasteiger partial charge in [0.05, 0.1) is 6.26 Å². The second-order valence-corrected chi connectivity index (χ2v) is 6.13. The largest absolute Gasteiger partial charge is 0.469 e. The van der Waals surface area contributed by atoms with E-state index in [4.69, 9.17) is 4.42 Å². The number of carbonyl (C=O) groups excluding carboxylic acids is 2. The van der Waals surface area contributed by atoms with Crippen molar-refractivity contribution in [1.29, 1.82) is 0 Å². The summed E-state index contributed by atoms with van der Waals surface area (Å²) in [4.78, 5) is 25.8. The van der Waals surface area contributed by atoms with E-state index in [2.05, 4.69) is 22.8 Å². The van der Waals surface area contributed by atoms with Crippen LogP contribution in [0.15, 0.2) is 47.1 Å². The van der Waals surface area contributed by atoms with Crippen LogP contribution in [0.3, 0.4) is 0 Å². The van der Waals surface area contributed by atoms with Gasteiger partial charge in [-0.1, -0.05) is 24.3 Å². The fourth-order valence-electron chi connectivity index (χ4n) is 2.93. The van der Waals surface area contributed by atoms with Gasteiger partial charge in [0.25, 0.3) is 0 Å². The summed E-state index contributed by atoms with van der Waals surface area (Å²) in [6, 6.07) is 11.6. The van der Waals surface area contributed by atoms with Crippen LogP contribution in [0.1, 0.15) is 29.7 Å². The Morgan fingerprint density at radius 2 is 1.72 bits per heavy atom. The molecule has 2 N–H and O–H groups in total. The zero-order valence-corrected chi connectivity index (χ0v) is 14.2. The molecule has 0 saturated carbocycles. The van der Waals surface area contributed by atoms with Crippen LogP contribution in [0.5, 0.6) is 0 Å². The van der Waals surface area contributed by atoms with Gasteiger partial charge in [0, 0.05) is 39.0 Å². The van der Waals surface area contributed by atoms with Crippen LogP contribution in [-0.4, -0.2) is 29.9 Å². The first kappa shape index (κ1) is 17.1. The molecule has 3 rings (SSSR count). The lowest BCUT2D eigenvalue weighted by molar-refractivity contribution is -0.131. The summed E-state index contributed by atoms with van der Waals surface area (Å²) in [7, 11) is 0. The molecule has 25 heavy (non-hydrogen) atoms. The molecule has 2 aromatic rings. The summed E-state index contributed by atoms with van der Waals surface area (Å²) in [5, 5.41) is 5.55. The normalized spacial score (nSPS) is 12.7. The van der Waals surface area contributed by atoms with Gasteiger partial charge in [-0.25, -0.2) is 4.79 Å². The van der Waals surface area contributed by atoms with E-state index in [9.17, 15) is 9.59 Å². The molecular formula is C19H23N3O3. The number of fused-ring (bicyclic) bond motifs is 1. The summed E-state index contributed by atoms with van der Waals surface area (Å²) in [5.41, 5.74) is 2.45. The minimum atomic E-state index is -0.215. The van der Waals surface area contributed by atoms with E-state index in [1.54, 1.807) is 6.26 Å². The Morgan fingerprint density at radius 3 is 2.40 bits per heavy atom. The molecular weight excluding hydrogens is 318 g/mol. The van der Waals surface area contributed by atoms with E-state index < -0.39 is 0 Å². The summed E-state index contributed by atoms with van der Waals surface area (Å²) in [6.07, 6.45) is 3.36. The number of urea groups is 1. The van der Waals surface area contributed by atoms with E-state index in [-0.39, 0.29) is 11.9 Å². The van der Waals surface area contributed by atoms with Crippen molar-refractivity contribution < 1.29 is 14.0 Å². The first-order valence-electron chi connectivity index (χ1n) is 8.61. The van der Waals surface area contributed by atoms with Gasteiger partial charge < -0.3 is 20.0 Å². The maximum Gasteiger partial charge on any atom is 0.314 e. The molecule has 0 fully saturated rings. The predicted octanol–water partition coefficient (Wildman–Crippen LogP) is 2.44. The monoisotopic (exact) mass is 341 g/mol. The van der Waals surface area contributed by atoms with Gasteiger partial charge in [-0.05, 0) is 29.7 Å². The van der Waals surface area contributed by atoms with Crippen molar-refractivity contribution in [2.75, 3.05) is 13.1 Å². The van der Waals surface area contributed by atoms with Crippen molar-refractivity contribution in [2.24, 2.45) is 0 Å². The molecule has 1 aromatic carbocycles. The smallest absolute Gasteiger partial charge is 0.314 e. The Kier molecular flexibility index (Phi) is 5.72. The topological polar surface area (TPSA) is 74.6 Å². The molecule has 2 heterocycles. The number of carbonyl (C=O) groups is 2. The number of hydrogen-bond acceptors (Lipinski definition) is 3. The zero-order valence-electron chi connectivity index (χ0n) is 14.2. The zero-order chi connectivity index (χ0) is 17.5. The first-order valence-corrected chi connectivity index (χ1v) is 8.61. The van der Waals surface area contributed by atoms with Gasteiger partial charge in [0.15, 0.2) is 0 Å². The number of furan rings is 1. The lowest BCUT2D eigenvalue weighted by atomic mass is 10.1. The second-order valence-electron chi connectivity index (χ2n) is 6.13. The SMILES string of the molecule is O=C(NCCCC(=O)N1Cc2ccccc2C1)NCCc1ccco1. The van der Waals surface area contributed by atoms with Crippen molar-refractivity contribution >= 4 is 11.9 Å². The molecule has 0 bridgehead atoms. The van der Waals surface area contributed by atoms with Crippen molar-refractivity contribution in [3.05, 3.63) is 59.5 Å². The van der Waals surface area contributed by atoms with E-state index >= 15 is 0 Å². The van der Waals surface area contributed by atoms with Crippen LogP contribution < -0.4 is 10.6 Å². The van der Waals surface area contributed by atoms with Crippen molar-refractivity contribution in [2.45, 2.75) is 32.4 Å². The molecule has 1 aliphatic rings. The molecule has 6 heteroatoms. The first-order chi connectivity index (χ1) is 12.2. The average Bonchev–Trinajstić information content (AvgIpc) is 3.27. The van der Waals surface area contributed by atoms with Crippen molar-refractivity contribution in [3.63, 3.8) is 0 Å². The van der Waals surface area contributed by atoms with E-state index in [1.165, 1.54) is 11.1 Å². The van der Waals surface area contributed by atoms with Crippen molar-refractivity contribution in [3.8, 4) is 0 Å². The molecule has 6 nitrogen and oxygen atoms in total.